The third-order valence-electron chi connectivity index (χ3n) is 6.09. The van der Waals surface area contributed by atoms with Crippen molar-refractivity contribution in [2.24, 2.45) is 17.8 Å². The molecule has 2 unspecified atom stereocenters. The number of allylic oxidation sites excluding steroid dienone is 1. The molecule has 0 radical (unpaired) electrons. The van der Waals surface area contributed by atoms with Crippen LogP contribution in [0.25, 0.3) is 11.1 Å². The van der Waals surface area contributed by atoms with Crippen molar-refractivity contribution in [3.63, 3.8) is 0 Å². The molecule has 2 aliphatic rings. The van der Waals surface area contributed by atoms with Crippen molar-refractivity contribution in [3.8, 4) is 0 Å². The second kappa shape index (κ2) is 7.58. The molecule has 1 aromatic carbocycles. The van der Waals surface area contributed by atoms with E-state index in [9.17, 15) is 9.59 Å². The number of benzene rings is 1. The smallest absolute Gasteiger partial charge is 0.351 e. The van der Waals surface area contributed by atoms with Crippen molar-refractivity contribution in [2.45, 2.75) is 53.2 Å². The molecule has 1 fully saturated rings. The molecule has 29 heavy (non-hydrogen) atoms. The van der Waals surface area contributed by atoms with Crippen LogP contribution in [0, 0.1) is 24.7 Å². The quantitative estimate of drug-likeness (QED) is 0.747. The van der Waals surface area contributed by atoms with E-state index in [2.05, 4.69) is 30.7 Å². The lowest BCUT2D eigenvalue weighted by atomic mass is 9.75. The molecule has 6 nitrogen and oxygen atoms in total. The van der Waals surface area contributed by atoms with E-state index in [-0.39, 0.29) is 12.6 Å². The Morgan fingerprint density at radius 1 is 1.07 bits per heavy atom. The number of esters is 1. The van der Waals surface area contributed by atoms with Gasteiger partial charge < -0.3 is 4.74 Å². The topological polar surface area (TPSA) is 74.1 Å². The Labute approximate surface area is 170 Å². The second-order valence-electron chi connectivity index (χ2n) is 8.58. The third kappa shape index (κ3) is 3.63. The fourth-order valence-corrected chi connectivity index (χ4v) is 4.93. The molecule has 0 N–H and O–H groups in total. The zero-order chi connectivity index (χ0) is 20.7. The van der Waals surface area contributed by atoms with E-state index in [1.807, 2.05) is 30.3 Å². The SMILES string of the molecule is Cc1nc2n(c(=O)n1)CC(c1ccccc1)=C2C(=O)OC1C(C)CC(C)CC1C. The van der Waals surface area contributed by atoms with Crippen LogP contribution in [-0.4, -0.2) is 26.6 Å². The average molecular weight is 393 g/mol. The Balaban J connectivity index is 1.75. The van der Waals surface area contributed by atoms with Gasteiger partial charge in [-0.05, 0) is 48.7 Å². The highest BCUT2D eigenvalue weighted by molar-refractivity contribution is 6.24. The van der Waals surface area contributed by atoms with Crippen LogP contribution in [0.2, 0.25) is 0 Å². The first-order valence-corrected chi connectivity index (χ1v) is 10.3. The van der Waals surface area contributed by atoms with Gasteiger partial charge in [0, 0.05) is 0 Å². The van der Waals surface area contributed by atoms with Gasteiger partial charge in [0.25, 0.3) is 0 Å². The summed E-state index contributed by atoms with van der Waals surface area (Å²) < 4.78 is 7.52. The maximum Gasteiger partial charge on any atom is 0.351 e. The van der Waals surface area contributed by atoms with Crippen molar-refractivity contribution in [1.29, 1.82) is 0 Å². The number of ether oxygens (including phenoxy) is 1. The van der Waals surface area contributed by atoms with E-state index in [1.165, 1.54) is 4.57 Å². The summed E-state index contributed by atoms with van der Waals surface area (Å²) in [6.07, 6.45) is 1.96. The molecule has 0 spiro atoms. The van der Waals surface area contributed by atoms with Crippen molar-refractivity contribution < 1.29 is 9.53 Å². The van der Waals surface area contributed by atoms with Crippen molar-refractivity contribution in [1.82, 2.24) is 14.5 Å². The summed E-state index contributed by atoms with van der Waals surface area (Å²) in [5.74, 6) is 1.55. The van der Waals surface area contributed by atoms with Crippen LogP contribution in [0.15, 0.2) is 35.1 Å². The predicted molar refractivity (Wildman–Crippen MR) is 111 cm³/mol. The minimum atomic E-state index is -0.397. The molecule has 1 aromatic heterocycles. The van der Waals surface area contributed by atoms with Gasteiger partial charge in [-0.25, -0.2) is 14.6 Å². The van der Waals surface area contributed by atoms with Gasteiger partial charge in [-0.2, -0.15) is 4.98 Å². The summed E-state index contributed by atoms with van der Waals surface area (Å²) in [7, 11) is 0. The third-order valence-corrected chi connectivity index (χ3v) is 6.09. The van der Waals surface area contributed by atoms with Crippen LogP contribution in [-0.2, 0) is 16.1 Å². The summed E-state index contributed by atoms with van der Waals surface area (Å²) in [6.45, 7) is 8.49. The van der Waals surface area contributed by atoms with Gasteiger partial charge in [0.1, 0.15) is 17.5 Å². The van der Waals surface area contributed by atoms with E-state index >= 15 is 0 Å². The van der Waals surface area contributed by atoms with Gasteiger partial charge in [0.15, 0.2) is 5.82 Å². The number of aromatic nitrogens is 3. The molecule has 0 amide bonds. The molecule has 1 saturated carbocycles. The van der Waals surface area contributed by atoms with Crippen LogP contribution in [0.5, 0.6) is 0 Å². The number of hydrogen-bond donors (Lipinski definition) is 0. The van der Waals surface area contributed by atoms with E-state index in [1.54, 1.807) is 6.92 Å². The van der Waals surface area contributed by atoms with Crippen LogP contribution >= 0.6 is 0 Å². The molecule has 1 aliphatic carbocycles. The van der Waals surface area contributed by atoms with Crippen molar-refractivity contribution >= 4 is 17.1 Å². The van der Waals surface area contributed by atoms with Gasteiger partial charge in [0.2, 0.25) is 0 Å². The summed E-state index contributed by atoms with van der Waals surface area (Å²) in [6, 6.07) is 9.63. The number of fused-ring (bicyclic) bond motifs is 1. The van der Waals surface area contributed by atoms with E-state index in [4.69, 9.17) is 4.74 Å². The molecule has 0 bridgehead atoms. The van der Waals surface area contributed by atoms with E-state index in [0.29, 0.717) is 35.0 Å². The van der Waals surface area contributed by atoms with Gasteiger partial charge >= 0.3 is 11.7 Å². The summed E-state index contributed by atoms with van der Waals surface area (Å²) >= 11 is 0. The predicted octanol–water partition coefficient (Wildman–Crippen LogP) is 3.49. The first-order valence-electron chi connectivity index (χ1n) is 10.3. The standard InChI is InChI=1S/C23H27N3O3/c1-13-10-14(2)20(15(3)11-13)29-22(27)19-18(17-8-6-5-7-9-17)12-26-21(19)24-16(4)25-23(26)28/h5-9,13-15,20H,10-12H2,1-4H3. The highest BCUT2D eigenvalue weighted by Crippen LogP contribution is 2.38. The van der Waals surface area contributed by atoms with Gasteiger partial charge in [-0.15, -0.1) is 0 Å². The number of aryl methyl sites for hydroxylation is 1. The maximum atomic E-state index is 13.4. The molecule has 1 aliphatic heterocycles. The molecule has 6 heteroatoms. The van der Waals surface area contributed by atoms with E-state index in [0.717, 1.165) is 24.0 Å². The lowest BCUT2D eigenvalue weighted by molar-refractivity contribution is -0.150. The summed E-state index contributed by atoms with van der Waals surface area (Å²) in [5, 5.41) is 0. The van der Waals surface area contributed by atoms with Crippen molar-refractivity contribution in [2.75, 3.05) is 0 Å². The Hall–Kier alpha value is -2.76. The number of carbonyl (C=O) groups excluding carboxylic acids is 1. The zero-order valence-electron chi connectivity index (χ0n) is 17.4. The highest BCUT2D eigenvalue weighted by atomic mass is 16.5. The lowest BCUT2D eigenvalue weighted by Crippen LogP contribution is -2.37. The summed E-state index contributed by atoms with van der Waals surface area (Å²) in [5.41, 5.74) is 1.64. The molecule has 2 aromatic rings. The minimum absolute atomic E-state index is 0.132. The molecule has 152 valence electrons. The Morgan fingerprint density at radius 2 is 1.72 bits per heavy atom. The monoisotopic (exact) mass is 393 g/mol. The molecule has 2 heterocycles. The Kier molecular flexibility index (Phi) is 5.11. The largest absolute Gasteiger partial charge is 0.458 e. The van der Waals surface area contributed by atoms with Crippen LogP contribution < -0.4 is 5.69 Å². The van der Waals surface area contributed by atoms with Crippen LogP contribution in [0.4, 0.5) is 0 Å². The molecular weight excluding hydrogens is 366 g/mol. The van der Waals surface area contributed by atoms with Crippen molar-refractivity contribution in [3.05, 3.63) is 58.0 Å². The Morgan fingerprint density at radius 3 is 2.38 bits per heavy atom. The molecular formula is C23H27N3O3. The molecule has 0 saturated heterocycles. The van der Waals surface area contributed by atoms with Gasteiger partial charge in [-0.1, -0.05) is 51.1 Å². The molecule has 2 atom stereocenters. The minimum Gasteiger partial charge on any atom is -0.458 e. The van der Waals surface area contributed by atoms with E-state index < -0.39 is 11.7 Å². The number of carbonyl (C=O) groups is 1. The number of nitrogens with zero attached hydrogens (tertiary/aromatic N) is 3. The number of hydrogen-bond acceptors (Lipinski definition) is 5. The zero-order valence-corrected chi connectivity index (χ0v) is 17.4. The first kappa shape index (κ1) is 19.6. The fraction of sp³-hybridized carbons (Fsp3) is 0.478. The lowest BCUT2D eigenvalue weighted by Gasteiger charge is -2.37. The normalized spacial score (nSPS) is 26.3. The first-order chi connectivity index (χ1) is 13.8. The van der Waals surface area contributed by atoms with Gasteiger partial charge in [0.05, 0.1) is 6.54 Å². The second-order valence-corrected chi connectivity index (χ2v) is 8.58. The fourth-order valence-electron chi connectivity index (χ4n) is 4.93. The van der Waals surface area contributed by atoms with Crippen LogP contribution in [0.1, 0.15) is 50.8 Å². The highest BCUT2D eigenvalue weighted by Gasteiger charge is 2.38. The summed E-state index contributed by atoms with van der Waals surface area (Å²) in [4.78, 5) is 34.2. The van der Waals surface area contributed by atoms with Crippen LogP contribution in [0.3, 0.4) is 0 Å². The maximum absolute atomic E-state index is 13.4. The average Bonchev–Trinajstić information content (AvgIpc) is 3.05. The Bertz CT molecular complexity index is 1010. The number of rotatable bonds is 3. The van der Waals surface area contributed by atoms with Gasteiger partial charge in [-0.3, -0.25) is 4.57 Å². The molecule has 4 rings (SSSR count).